The molecule has 0 saturated heterocycles. The van der Waals surface area contributed by atoms with E-state index in [-0.39, 0.29) is 12.5 Å². The van der Waals surface area contributed by atoms with Crippen LogP contribution in [0.2, 0.25) is 0 Å². The second-order valence-electron chi connectivity index (χ2n) is 3.16. The van der Waals surface area contributed by atoms with Gasteiger partial charge in [0.2, 0.25) is 0 Å². The van der Waals surface area contributed by atoms with Gasteiger partial charge in [-0.3, -0.25) is 0 Å². The van der Waals surface area contributed by atoms with Gasteiger partial charge in [0, 0.05) is 0 Å². The molecule has 0 bridgehead atoms. The van der Waals surface area contributed by atoms with Crippen molar-refractivity contribution in [2.75, 3.05) is 6.61 Å². The van der Waals surface area contributed by atoms with Crippen LogP contribution in [-0.4, -0.2) is 24.8 Å². The molecule has 0 amide bonds. The number of carbonyl (C=O) groups excluding carboxylic acids is 2. The summed E-state index contributed by atoms with van der Waals surface area (Å²) in [6.07, 6.45) is -0.990. The van der Waals surface area contributed by atoms with Crippen molar-refractivity contribution in [3.05, 3.63) is 0 Å². The molecule has 0 aliphatic heterocycles. The van der Waals surface area contributed by atoms with Crippen LogP contribution in [0.4, 0.5) is 4.79 Å². The summed E-state index contributed by atoms with van der Waals surface area (Å²) in [5.41, 5.74) is 5.16. The summed E-state index contributed by atoms with van der Waals surface area (Å²) in [5, 5.41) is 0. The number of carbonyl (C=O) groups is 2. The standard InChI is InChI=1S/C8H15NO4/c1-5(2)4-12-8(11)13-7(10)6(3)9/h5-6H,4,9H2,1-3H3/t6-/m0/s1. The molecule has 0 heterocycles. The van der Waals surface area contributed by atoms with Crippen LogP contribution in [0.15, 0.2) is 0 Å². The quantitative estimate of drug-likeness (QED) is 0.521. The van der Waals surface area contributed by atoms with Crippen LogP contribution in [0.5, 0.6) is 0 Å². The van der Waals surface area contributed by atoms with Crippen molar-refractivity contribution in [3.8, 4) is 0 Å². The minimum Gasteiger partial charge on any atom is -0.434 e. The first-order valence-corrected chi connectivity index (χ1v) is 4.07. The fourth-order valence-corrected chi connectivity index (χ4v) is 0.439. The van der Waals surface area contributed by atoms with Crippen LogP contribution in [-0.2, 0) is 14.3 Å². The largest absolute Gasteiger partial charge is 0.516 e. The highest BCUT2D eigenvalue weighted by atomic mass is 16.7. The molecule has 5 nitrogen and oxygen atoms in total. The topological polar surface area (TPSA) is 78.6 Å². The summed E-state index contributed by atoms with van der Waals surface area (Å²) in [6, 6.07) is -0.813. The van der Waals surface area contributed by atoms with Gasteiger partial charge in [-0.15, -0.1) is 0 Å². The molecule has 76 valence electrons. The number of esters is 1. The average molecular weight is 189 g/mol. The highest BCUT2D eigenvalue weighted by Gasteiger charge is 2.15. The van der Waals surface area contributed by atoms with Crippen LogP contribution < -0.4 is 5.73 Å². The van der Waals surface area contributed by atoms with Crippen molar-refractivity contribution in [1.29, 1.82) is 0 Å². The Morgan fingerprint density at radius 1 is 1.31 bits per heavy atom. The van der Waals surface area contributed by atoms with Gasteiger partial charge in [0.25, 0.3) is 0 Å². The number of ether oxygens (including phenoxy) is 2. The third-order valence-corrected chi connectivity index (χ3v) is 1.09. The average Bonchev–Trinajstić information content (AvgIpc) is 2.00. The first-order chi connectivity index (χ1) is 5.93. The summed E-state index contributed by atoms with van der Waals surface area (Å²) in [4.78, 5) is 21.5. The fraction of sp³-hybridized carbons (Fsp3) is 0.750. The van der Waals surface area contributed by atoms with Gasteiger partial charge in [-0.1, -0.05) is 13.8 Å². The van der Waals surface area contributed by atoms with E-state index in [1.54, 1.807) is 0 Å². The fourth-order valence-electron chi connectivity index (χ4n) is 0.439. The van der Waals surface area contributed by atoms with E-state index in [0.717, 1.165) is 0 Å². The van der Waals surface area contributed by atoms with Crippen LogP contribution in [0.3, 0.4) is 0 Å². The first-order valence-electron chi connectivity index (χ1n) is 4.07. The molecule has 0 aromatic rings. The third-order valence-electron chi connectivity index (χ3n) is 1.09. The molecule has 0 aliphatic carbocycles. The van der Waals surface area contributed by atoms with Crippen molar-refractivity contribution < 1.29 is 19.1 Å². The van der Waals surface area contributed by atoms with Crippen LogP contribution in [0.25, 0.3) is 0 Å². The number of nitrogens with two attached hydrogens (primary N) is 1. The minimum absolute atomic E-state index is 0.206. The zero-order valence-corrected chi connectivity index (χ0v) is 8.07. The lowest BCUT2D eigenvalue weighted by Crippen LogP contribution is -2.31. The Balaban J connectivity index is 3.69. The summed E-state index contributed by atoms with van der Waals surface area (Å²) >= 11 is 0. The molecule has 2 N–H and O–H groups in total. The second-order valence-corrected chi connectivity index (χ2v) is 3.16. The Hall–Kier alpha value is -1.10. The van der Waals surface area contributed by atoms with Crippen molar-refractivity contribution in [1.82, 2.24) is 0 Å². The molecule has 0 unspecified atom stereocenters. The maximum atomic E-state index is 10.7. The minimum atomic E-state index is -0.990. The predicted octanol–water partition coefficient (Wildman–Crippen LogP) is 0.669. The number of rotatable bonds is 3. The highest BCUT2D eigenvalue weighted by Crippen LogP contribution is 1.95. The van der Waals surface area contributed by atoms with Crippen molar-refractivity contribution in [3.63, 3.8) is 0 Å². The Kier molecular flexibility index (Phi) is 5.06. The predicted molar refractivity (Wildman–Crippen MR) is 45.9 cm³/mol. The summed E-state index contributed by atoms with van der Waals surface area (Å²) in [7, 11) is 0. The molecule has 0 aliphatic rings. The molecule has 0 aromatic carbocycles. The van der Waals surface area contributed by atoms with E-state index in [4.69, 9.17) is 5.73 Å². The van der Waals surface area contributed by atoms with E-state index < -0.39 is 18.2 Å². The maximum absolute atomic E-state index is 10.7. The summed E-state index contributed by atoms with van der Waals surface area (Å²) in [5.74, 6) is -0.577. The molecular weight excluding hydrogens is 174 g/mol. The van der Waals surface area contributed by atoms with E-state index in [2.05, 4.69) is 9.47 Å². The van der Waals surface area contributed by atoms with Gasteiger partial charge in [-0.05, 0) is 12.8 Å². The molecule has 0 spiro atoms. The Morgan fingerprint density at radius 2 is 1.85 bits per heavy atom. The normalized spacial score (nSPS) is 12.4. The molecule has 13 heavy (non-hydrogen) atoms. The second kappa shape index (κ2) is 5.53. The van der Waals surface area contributed by atoms with E-state index in [1.807, 2.05) is 13.8 Å². The summed E-state index contributed by atoms with van der Waals surface area (Å²) in [6.45, 7) is 5.41. The van der Waals surface area contributed by atoms with E-state index in [0.29, 0.717) is 0 Å². The Labute approximate surface area is 77.2 Å². The molecule has 0 aromatic heterocycles. The molecule has 5 heteroatoms. The van der Waals surface area contributed by atoms with Gasteiger partial charge in [0.05, 0.1) is 6.61 Å². The molecule has 1 atom stereocenters. The van der Waals surface area contributed by atoms with E-state index in [9.17, 15) is 9.59 Å². The van der Waals surface area contributed by atoms with Crippen molar-refractivity contribution in [2.45, 2.75) is 26.8 Å². The van der Waals surface area contributed by atoms with Gasteiger partial charge in [-0.2, -0.15) is 0 Å². The summed E-state index contributed by atoms with van der Waals surface area (Å²) < 4.78 is 8.82. The van der Waals surface area contributed by atoms with Crippen molar-refractivity contribution in [2.24, 2.45) is 11.7 Å². The van der Waals surface area contributed by atoms with Crippen LogP contribution in [0, 0.1) is 5.92 Å². The zero-order valence-electron chi connectivity index (χ0n) is 8.07. The Bertz CT molecular complexity index is 189. The zero-order chi connectivity index (χ0) is 10.4. The third kappa shape index (κ3) is 6.10. The SMILES string of the molecule is CC(C)COC(=O)OC(=O)[C@H](C)N. The van der Waals surface area contributed by atoms with Gasteiger partial charge in [0.1, 0.15) is 6.04 Å². The molecule has 0 radical (unpaired) electrons. The molecule has 0 rings (SSSR count). The van der Waals surface area contributed by atoms with E-state index in [1.165, 1.54) is 6.92 Å². The lowest BCUT2D eigenvalue weighted by atomic mass is 10.2. The van der Waals surface area contributed by atoms with Gasteiger partial charge in [0.15, 0.2) is 0 Å². The molecule has 0 saturated carbocycles. The number of hydrogen-bond donors (Lipinski definition) is 1. The van der Waals surface area contributed by atoms with Gasteiger partial charge < -0.3 is 15.2 Å². The lowest BCUT2D eigenvalue weighted by molar-refractivity contribution is -0.141. The van der Waals surface area contributed by atoms with Crippen LogP contribution in [0.1, 0.15) is 20.8 Å². The highest BCUT2D eigenvalue weighted by molar-refractivity contribution is 5.85. The van der Waals surface area contributed by atoms with Gasteiger partial charge >= 0.3 is 12.1 Å². The lowest BCUT2D eigenvalue weighted by Gasteiger charge is -2.07. The van der Waals surface area contributed by atoms with E-state index >= 15 is 0 Å². The first kappa shape index (κ1) is 11.9. The maximum Gasteiger partial charge on any atom is 0.516 e. The monoisotopic (exact) mass is 189 g/mol. The van der Waals surface area contributed by atoms with Gasteiger partial charge in [-0.25, -0.2) is 9.59 Å². The van der Waals surface area contributed by atoms with Crippen LogP contribution >= 0.6 is 0 Å². The van der Waals surface area contributed by atoms with Crippen molar-refractivity contribution >= 4 is 12.1 Å². The smallest absolute Gasteiger partial charge is 0.434 e. The Morgan fingerprint density at radius 3 is 2.23 bits per heavy atom. The molecular formula is C8H15NO4. The number of hydrogen-bond acceptors (Lipinski definition) is 5. The molecule has 0 fully saturated rings.